The highest BCUT2D eigenvalue weighted by Gasteiger charge is 2.69. The molecule has 0 aromatic rings. The van der Waals surface area contributed by atoms with E-state index in [-0.39, 0.29) is 51.2 Å². The topological polar surface area (TPSA) is 82.1 Å². The second kappa shape index (κ2) is 7.44. The first-order chi connectivity index (χ1) is 12.9. The molecule has 3 aliphatic carbocycles. The summed E-state index contributed by atoms with van der Waals surface area (Å²) in [5.74, 6) is -1.26. The Bertz CT molecular complexity index is 603. The lowest BCUT2D eigenvalue weighted by Crippen LogP contribution is -2.48. The molecule has 27 heavy (non-hydrogen) atoms. The van der Waals surface area contributed by atoms with E-state index >= 15 is 0 Å². The second-order valence-electron chi connectivity index (χ2n) is 8.60. The van der Waals surface area contributed by atoms with Gasteiger partial charge in [-0.25, -0.2) is 0 Å². The van der Waals surface area contributed by atoms with Gasteiger partial charge in [0.1, 0.15) is 16.1 Å². The summed E-state index contributed by atoms with van der Waals surface area (Å²) >= 11 is 2.08. The van der Waals surface area contributed by atoms with Crippen molar-refractivity contribution in [1.82, 2.24) is 0 Å². The van der Waals surface area contributed by atoms with Crippen LogP contribution in [0.1, 0.15) is 58.8 Å². The second-order valence-corrected chi connectivity index (χ2v) is 10.1. The van der Waals surface area contributed by atoms with Crippen LogP contribution in [-0.2, 0) is 23.8 Å². The van der Waals surface area contributed by atoms with Gasteiger partial charge < -0.3 is 19.3 Å². The van der Waals surface area contributed by atoms with Gasteiger partial charge >= 0.3 is 11.9 Å². The molecular formula is C20H29IO6. The smallest absolute Gasteiger partial charge is 0.319 e. The van der Waals surface area contributed by atoms with Crippen molar-refractivity contribution in [2.24, 2.45) is 23.7 Å². The van der Waals surface area contributed by atoms with Crippen LogP contribution in [0.25, 0.3) is 0 Å². The van der Waals surface area contributed by atoms with Gasteiger partial charge in [-0.15, -0.1) is 0 Å². The molecule has 7 heteroatoms. The number of aliphatic hydroxyl groups is 1. The molecule has 2 bridgehead atoms. The van der Waals surface area contributed by atoms with E-state index in [2.05, 4.69) is 29.5 Å². The van der Waals surface area contributed by atoms with E-state index in [0.29, 0.717) is 6.42 Å². The Hall–Kier alpha value is -0.410. The lowest BCUT2D eigenvalue weighted by atomic mass is 9.77. The molecule has 0 aromatic heterocycles. The first-order valence-corrected chi connectivity index (χ1v) is 11.6. The van der Waals surface area contributed by atoms with Crippen LogP contribution in [-0.4, -0.2) is 45.1 Å². The molecule has 6 nitrogen and oxygen atoms in total. The molecule has 4 fully saturated rings. The summed E-state index contributed by atoms with van der Waals surface area (Å²) < 4.78 is 17.4. The summed E-state index contributed by atoms with van der Waals surface area (Å²) in [4.78, 5) is 24.8. The quantitative estimate of drug-likeness (QED) is 0.255. The van der Waals surface area contributed by atoms with Crippen molar-refractivity contribution in [2.45, 2.75) is 86.8 Å². The summed E-state index contributed by atoms with van der Waals surface area (Å²) in [5.41, 5.74) is -0.287. The average Bonchev–Trinajstić information content (AvgIpc) is 3.38. The van der Waals surface area contributed by atoms with Gasteiger partial charge in [0.05, 0.1) is 11.5 Å². The fraction of sp³-hybridized carbons (Fsp3) is 0.900. The third-order valence-corrected chi connectivity index (χ3v) is 8.72. The predicted molar refractivity (Wildman–Crippen MR) is 105 cm³/mol. The van der Waals surface area contributed by atoms with Gasteiger partial charge in [-0.2, -0.15) is 0 Å². The number of alkyl halides is 1. The number of carbonyl (C=O) groups is 2. The number of ether oxygens (including phenoxy) is 3. The van der Waals surface area contributed by atoms with E-state index in [1.165, 1.54) is 0 Å². The van der Waals surface area contributed by atoms with Crippen molar-refractivity contribution < 1.29 is 28.9 Å². The molecular weight excluding hydrogens is 463 g/mol. The van der Waals surface area contributed by atoms with E-state index in [4.69, 9.17) is 14.2 Å². The maximum absolute atomic E-state index is 12.5. The number of carbonyl (C=O) groups excluding carboxylic acids is 2. The Labute approximate surface area is 173 Å². The molecule has 1 saturated heterocycles. The van der Waals surface area contributed by atoms with E-state index in [0.717, 1.165) is 38.5 Å². The Kier molecular flexibility index (Phi) is 5.48. The minimum atomic E-state index is -1.02. The van der Waals surface area contributed by atoms with Crippen molar-refractivity contribution in [3.8, 4) is 0 Å². The van der Waals surface area contributed by atoms with Gasteiger partial charge in [-0.05, 0) is 32.1 Å². The van der Waals surface area contributed by atoms with E-state index in [1.807, 2.05) is 6.92 Å². The van der Waals surface area contributed by atoms with Gasteiger partial charge in [-0.3, -0.25) is 9.59 Å². The van der Waals surface area contributed by atoms with Gasteiger partial charge in [0, 0.05) is 17.8 Å². The zero-order chi connectivity index (χ0) is 19.3. The molecule has 152 valence electrons. The van der Waals surface area contributed by atoms with Gasteiger partial charge in [-0.1, -0.05) is 49.3 Å². The predicted octanol–water partition coefficient (Wildman–Crippen LogP) is 2.98. The highest BCUT2D eigenvalue weighted by atomic mass is 127. The van der Waals surface area contributed by atoms with Crippen LogP contribution in [0.5, 0.6) is 0 Å². The number of fused-ring (bicyclic) bond motifs is 1. The van der Waals surface area contributed by atoms with Crippen LogP contribution in [0.3, 0.4) is 0 Å². The maximum Gasteiger partial charge on any atom is 0.319 e. The zero-order valence-electron chi connectivity index (χ0n) is 15.9. The summed E-state index contributed by atoms with van der Waals surface area (Å²) in [6.45, 7) is 4.03. The van der Waals surface area contributed by atoms with Crippen LogP contribution in [0.4, 0.5) is 0 Å². The summed E-state index contributed by atoms with van der Waals surface area (Å²) in [7, 11) is 0. The first-order valence-electron chi connectivity index (χ1n) is 10.3. The molecule has 8 unspecified atom stereocenters. The maximum atomic E-state index is 12.5. The largest absolute Gasteiger partial charge is 0.458 e. The van der Waals surface area contributed by atoms with Crippen molar-refractivity contribution in [2.75, 3.05) is 0 Å². The molecule has 0 radical (unpaired) electrons. The number of hydrogen-bond donors (Lipinski definition) is 1. The van der Waals surface area contributed by atoms with Crippen LogP contribution < -0.4 is 0 Å². The van der Waals surface area contributed by atoms with Crippen molar-refractivity contribution >= 4 is 34.5 Å². The molecule has 3 saturated carbocycles. The highest BCUT2D eigenvalue weighted by molar-refractivity contribution is 14.1. The first kappa shape index (κ1) is 19.9. The van der Waals surface area contributed by atoms with Gasteiger partial charge in [0.25, 0.3) is 0 Å². The monoisotopic (exact) mass is 492 g/mol. The fourth-order valence-corrected chi connectivity index (χ4v) is 6.02. The van der Waals surface area contributed by atoms with Gasteiger partial charge in [0.2, 0.25) is 0 Å². The normalized spacial score (nSPS) is 40.8. The fourth-order valence-electron chi connectivity index (χ4n) is 5.87. The Morgan fingerprint density at radius 3 is 2.67 bits per heavy atom. The number of rotatable bonds is 7. The Balaban J connectivity index is 1.52. The van der Waals surface area contributed by atoms with Crippen molar-refractivity contribution in [3.05, 3.63) is 0 Å². The Morgan fingerprint density at radius 1 is 1.33 bits per heavy atom. The molecule has 4 rings (SSSR count). The van der Waals surface area contributed by atoms with Crippen molar-refractivity contribution in [3.63, 3.8) is 0 Å². The third-order valence-electron chi connectivity index (χ3n) is 7.33. The SMILES string of the molecule is CCC(I)C(=O)OC1C2CC3C1OC(=O)C3C2C(O)OC1(CC)CCCC1. The van der Waals surface area contributed by atoms with E-state index in [1.54, 1.807) is 0 Å². The summed E-state index contributed by atoms with van der Waals surface area (Å²) in [5, 5.41) is 11.0. The number of aliphatic hydroxyl groups excluding tert-OH is 1. The summed E-state index contributed by atoms with van der Waals surface area (Å²) in [6, 6.07) is 0. The van der Waals surface area contributed by atoms with Gasteiger partial charge in [0.15, 0.2) is 6.29 Å². The molecule has 1 N–H and O–H groups in total. The lowest BCUT2D eigenvalue weighted by molar-refractivity contribution is -0.228. The number of esters is 2. The molecule has 4 aliphatic rings. The van der Waals surface area contributed by atoms with Crippen LogP contribution in [0, 0.1) is 23.7 Å². The minimum Gasteiger partial charge on any atom is -0.458 e. The lowest BCUT2D eigenvalue weighted by Gasteiger charge is -2.38. The minimum absolute atomic E-state index is 0.0268. The van der Waals surface area contributed by atoms with Crippen molar-refractivity contribution in [1.29, 1.82) is 0 Å². The van der Waals surface area contributed by atoms with Crippen LogP contribution in [0.15, 0.2) is 0 Å². The van der Waals surface area contributed by atoms with Crippen LogP contribution in [0.2, 0.25) is 0 Å². The van der Waals surface area contributed by atoms with Crippen LogP contribution >= 0.6 is 22.6 Å². The molecule has 8 atom stereocenters. The standard InChI is InChI=1S/C20H29IO6/c1-3-12(21)17(22)25-15-11-9-10-13(18(23)26-16(10)15)14(11)19(24)27-20(4-2)7-5-6-8-20/h10-16,19,24H,3-9H2,1-2H3. The number of halogens is 1. The molecule has 0 amide bonds. The molecule has 1 aliphatic heterocycles. The Morgan fingerprint density at radius 2 is 2.04 bits per heavy atom. The summed E-state index contributed by atoms with van der Waals surface area (Å²) in [6.07, 6.45) is 4.59. The molecule has 0 aromatic carbocycles. The number of hydrogen-bond acceptors (Lipinski definition) is 6. The third kappa shape index (κ3) is 3.21. The molecule has 1 heterocycles. The van der Waals surface area contributed by atoms with E-state index in [9.17, 15) is 14.7 Å². The zero-order valence-corrected chi connectivity index (χ0v) is 18.1. The molecule has 0 spiro atoms. The van der Waals surface area contributed by atoms with E-state index < -0.39 is 12.4 Å². The average molecular weight is 492 g/mol. The highest BCUT2D eigenvalue weighted by Crippen LogP contribution is 2.60.